The second-order valence-corrected chi connectivity index (χ2v) is 11.3. The Bertz CT molecular complexity index is 1460. The summed E-state index contributed by atoms with van der Waals surface area (Å²) >= 11 is 6.51. The monoisotopic (exact) mass is 585 g/mol. The Balaban J connectivity index is 1.92. The van der Waals surface area contributed by atoms with Gasteiger partial charge in [-0.1, -0.05) is 17.7 Å². The summed E-state index contributed by atoms with van der Waals surface area (Å²) < 4.78 is 7.04. The number of benzene rings is 2. The maximum atomic E-state index is 13.2. The second kappa shape index (κ2) is 13.0. The van der Waals surface area contributed by atoms with Gasteiger partial charge in [0.2, 0.25) is 5.95 Å². The fraction of sp³-hybridized carbons (Fsp3) is 0.414. The minimum absolute atomic E-state index is 0.0230. The van der Waals surface area contributed by atoms with Gasteiger partial charge in [-0.15, -0.1) is 0 Å². The van der Waals surface area contributed by atoms with E-state index in [1.54, 1.807) is 51.6 Å². The SMILES string of the molecule is CC(CCCCNC(=O)OC(C)(C)C)n1c(NC(=O)c2cccc(C(=O)O)c2)nc2ccc(Cl)c(C(=O)N(C)C)c21. The molecule has 1 heterocycles. The number of imidazole rings is 1. The molecule has 0 radical (unpaired) electrons. The Morgan fingerprint density at radius 3 is 2.41 bits per heavy atom. The van der Waals surface area contributed by atoms with E-state index in [9.17, 15) is 24.3 Å². The highest BCUT2D eigenvalue weighted by molar-refractivity contribution is 6.35. The summed E-state index contributed by atoms with van der Waals surface area (Å²) in [7, 11) is 3.24. The van der Waals surface area contributed by atoms with E-state index in [1.165, 1.54) is 29.2 Å². The fourth-order valence-corrected chi connectivity index (χ4v) is 4.51. The van der Waals surface area contributed by atoms with Crippen molar-refractivity contribution in [2.24, 2.45) is 0 Å². The van der Waals surface area contributed by atoms with Gasteiger partial charge in [0.25, 0.3) is 11.8 Å². The van der Waals surface area contributed by atoms with E-state index in [0.717, 1.165) is 0 Å². The molecule has 0 bridgehead atoms. The van der Waals surface area contributed by atoms with Gasteiger partial charge in [-0.3, -0.25) is 14.9 Å². The minimum atomic E-state index is -1.15. The Hall–Kier alpha value is -4.12. The van der Waals surface area contributed by atoms with E-state index in [4.69, 9.17) is 16.3 Å². The highest BCUT2D eigenvalue weighted by Crippen LogP contribution is 2.34. The average Bonchev–Trinajstić information content (AvgIpc) is 3.24. The third kappa shape index (κ3) is 7.97. The van der Waals surface area contributed by atoms with E-state index in [2.05, 4.69) is 15.6 Å². The number of alkyl carbamates (subject to hydrolysis) is 1. The molecule has 3 amide bonds. The predicted molar refractivity (Wildman–Crippen MR) is 157 cm³/mol. The Morgan fingerprint density at radius 1 is 1.10 bits per heavy atom. The molecule has 1 aromatic heterocycles. The molecule has 11 nitrogen and oxygen atoms in total. The van der Waals surface area contributed by atoms with Crippen molar-refractivity contribution < 1.29 is 29.0 Å². The number of carboxylic acid groups (broad SMARTS) is 1. The average molecular weight is 586 g/mol. The van der Waals surface area contributed by atoms with Gasteiger partial charge in [-0.25, -0.2) is 14.6 Å². The zero-order valence-electron chi connectivity index (χ0n) is 24.1. The van der Waals surface area contributed by atoms with Crippen molar-refractivity contribution in [1.82, 2.24) is 19.8 Å². The highest BCUT2D eigenvalue weighted by atomic mass is 35.5. The summed E-state index contributed by atoms with van der Waals surface area (Å²) in [6.07, 6.45) is 1.53. The number of rotatable bonds is 10. The molecular formula is C29H36ClN5O6. The quantitative estimate of drug-likeness (QED) is 0.263. The molecule has 0 spiro atoms. The lowest BCUT2D eigenvalue weighted by Crippen LogP contribution is -2.33. The van der Waals surface area contributed by atoms with E-state index in [0.29, 0.717) is 36.8 Å². The summed E-state index contributed by atoms with van der Waals surface area (Å²) in [5.74, 6) is -1.82. The van der Waals surface area contributed by atoms with Gasteiger partial charge < -0.3 is 24.6 Å². The maximum absolute atomic E-state index is 13.2. The summed E-state index contributed by atoms with van der Waals surface area (Å²) in [5.41, 5.74) is 0.739. The van der Waals surface area contributed by atoms with E-state index in [1.807, 2.05) is 6.92 Å². The summed E-state index contributed by atoms with van der Waals surface area (Å²) in [6, 6.07) is 8.70. The standard InChI is InChI=1S/C29H36ClN5O6/c1-17(10-7-8-15-31-28(40)41-29(2,3)4)35-23-21(14-13-20(30)22(23)25(37)34(5)6)32-27(35)33-24(36)18-11-9-12-19(16-18)26(38)39/h9,11-14,16-17H,7-8,10,15H2,1-6H3,(H,31,40)(H,38,39)(H,32,33,36). The molecule has 12 heteroatoms. The zero-order chi connectivity index (χ0) is 30.5. The smallest absolute Gasteiger partial charge is 0.407 e. The van der Waals surface area contributed by atoms with Gasteiger partial charge in [0.15, 0.2) is 0 Å². The lowest BCUT2D eigenvalue weighted by atomic mass is 10.1. The van der Waals surface area contributed by atoms with Gasteiger partial charge in [0.1, 0.15) is 5.60 Å². The summed E-state index contributed by atoms with van der Waals surface area (Å²) in [5, 5.41) is 15.1. The topological polar surface area (TPSA) is 143 Å². The molecule has 0 fully saturated rings. The second-order valence-electron chi connectivity index (χ2n) is 10.9. The molecular weight excluding hydrogens is 550 g/mol. The Kier molecular flexibility index (Phi) is 9.98. The Morgan fingerprint density at radius 2 is 1.78 bits per heavy atom. The van der Waals surface area contributed by atoms with Crippen LogP contribution in [0, 0.1) is 0 Å². The van der Waals surface area contributed by atoms with E-state index >= 15 is 0 Å². The molecule has 0 aliphatic heterocycles. The van der Waals surface area contributed by atoms with Gasteiger partial charge in [-0.05, 0) is 77.3 Å². The molecule has 0 saturated carbocycles. The van der Waals surface area contributed by atoms with Crippen LogP contribution in [-0.4, -0.2) is 69.7 Å². The predicted octanol–water partition coefficient (Wildman–Crippen LogP) is 5.60. The normalized spacial score (nSPS) is 12.1. The molecule has 3 N–H and O–H groups in total. The number of fused-ring (bicyclic) bond motifs is 1. The van der Waals surface area contributed by atoms with Crippen molar-refractivity contribution in [2.75, 3.05) is 26.0 Å². The molecule has 0 aliphatic rings. The molecule has 1 atom stereocenters. The first-order valence-electron chi connectivity index (χ1n) is 13.2. The third-order valence-corrected chi connectivity index (χ3v) is 6.49. The lowest BCUT2D eigenvalue weighted by molar-refractivity contribution is 0.0525. The molecule has 3 aromatic rings. The molecule has 0 saturated heterocycles. The van der Waals surface area contributed by atoms with Crippen molar-refractivity contribution in [3.63, 3.8) is 0 Å². The number of amides is 3. The number of nitrogens with one attached hydrogen (secondary N) is 2. The molecule has 41 heavy (non-hydrogen) atoms. The Labute approximate surface area is 243 Å². The van der Waals surface area contributed by atoms with Crippen LogP contribution in [0.25, 0.3) is 11.0 Å². The summed E-state index contributed by atoms with van der Waals surface area (Å²) in [6.45, 7) is 7.75. The highest BCUT2D eigenvalue weighted by Gasteiger charge is 2.26. The van der Waals surface area contributed by atoms with Crippen LogP contribution in [0.3, 0.4) is 0 Å². The number of ether oxygens (including phenoxy) is 1. The van der Waals surface area contributed by atoms with Crippen molar-refractivity contribution in [3.05, 3.63) is 58.1 Å². The lowest BCUT2D eigenvalue weighted by Gasteiger charge is -2.21. The molecule has 3 rings (SSSR count). The van der Waals surface area contributed by atoms with Gasteiger partial charge in [0, 0.05) is 32.2 Å². The molecule has 220 valence electrons. The third-order valence-electron chi connectivity index (χ3n) is 6.18. The molecule has 2 aromatic carbocycles. The fourth-order valence-electron chi connectivity index (χ4n) is 4.27. The number of hydrogen-bond donors (Lipinski definition) is 3. The van der Waals surface area contributed by atoms with Crippen molar-refractivity contribution in [1.29, 1.82) is 0 Å². The number of halogens is 1. The first kappa shape index (κ1) is 31.4. The number of unbranched alkanes of at least 4 members (excludes halogenated alkanes) is 1. The van der Waals surface area contributed by atoms with Crippen LogP contribution in [0.5, 0.6) is 0 Å². The van der Waals surface area contributed by atoms with E-state index < -0.39 is 23.6 Å². The molecule has 0 aliphatic carbocycles. The molecule has 1 unspecified atom stereocenters. The van der Waals surface area contributed by atoms with E-state index in [-0.39, 0.29) is 39.6 Å². The number of aromatic carboxylic acids is 1. The van der Waals surface area contributed by atoms with Crippen LogP contribution in [0.2, 0.25) is 5.02 Å². The van der Waals surface area contributed by atoms with Crippen LogP contribution < -0.4 is 10.6 Å². The first-order chi connectivity index (χ1) is 19.2. The number of carboxylic acids is 1. The number of nitrogens with zero attached hydrogens (tertiary/aromatic N) is 3. The number of carbonyl (C=O) groups is 4. The van der Waals surface area contributed by atoms with Crippen LogP contribution in [-0.2, 0) is 4.74 Å². The number of carbonyl (C=O) groups excluding carboxylic acids is 3. The van der Waals surface area contributed by atoms with Gasteiger partial charge >= 0.3 is 12.1 Å². The number of hydrogen-bond acceptors (Lipinski definition) is 6. The van der Waals surface area contributed by atoms with Crippen LogP contribution in [0.1, 0.15) is 84.1 Å². The number of anilines is 1. The largest absolute Gasteiger partial charge is 0.478 e. The van der Waals surface area contributed by atoms with Crippen molar-refractivity contribution >= 4 is 52.5 Å². The van der Waals surface area contributed by atoms with Crippen molar-refractivity contribution in [2.45, 2.75) is 58.6 Å². The van der Waals surface area contributed by atoms with Crippen LogP contribution >= 0.6 is 11.6 Å². The minimum Gasteiger partial charge on any atom is -0.478 e. The first-order valence-corrected chi connectivity index (χ1v) is 13.6. The van der Waals surface area contributed by atoms with Crippen LogP contribution in [0.4, 0.5) is 10.7 Å². The summed E-state index contributed by atoms with van der Waals surface area (Å²) in [4.78, 5) is 55.7. The van der Waals surface area contributed by atoms with Crippen LogP contribution in [0.15, 0.2) is 36.4 Å². The van der Waals surface area contributed by atoms with Gasteiger partial charge in [-0.2, -0.15) is 0 Å². The number of aromatic nitrogens is 2. The zero-order valence-corrected chi connectivity index (χ0v) is 24.8. The maximum Gasteiger partial charge on any atom is 0.407 e. The van der Waals surface area contributed by atoms with Crippen molar-refractivity contribution in [3.8, 4) is 0 Å². The van der Waals surface area contributed by atoms with Gasteiger partial charge in [0.05, 0.1) is 27.2 Å².